The molecule has 0 bridgehead atoms. The maximum atomic E-state index is 13.6. The highest BCUT2D eigenvalue weighted by Crippen LogP contribution is 2.50. The van der Waals surface area contributed by atoms with Gasteiger partial charge in [-0.15, -0.1) is 0 Å². The molecule has 3 aliphatic rings. The van der Waals surface area contributed by atoms with Crippen LogP contribution in [0.3, 0.4) is 0 Å². The summed E-state index contributed by atoms with van der Waals surface area (Å²) in [5.74, 6) is -0.382. The zero-order chi connectivity index (χ0) is 29.9. The van der Waals surface area contributed by atoms with Gasteiger partial charge in [-0.05, 0) is 91.8 Å². The summed E-state index contributed by atoms with van der Waals surface area (Å²) in [7, 11) is -3.94. The summed E-state index contributed by atoms with van der Waals surface area (Å²) in [5.41, 5.74) is 2.04. The number of aliphatic hydroxyl groups excluding tert-OH is 1. The number of carbonyl (C=O) groups is 1. The average Bonchev–Trinajstić information content (AvgIpc) is 3.74. The zero-order valence-corrected chi connectivity index (χ0v) is 25.5. The molecule has 0 spiro atoms. The molecular weight excluding hydrogens is 548 g/mol. The van der Waals surface area contributed by atoms with Crippen LogP contribution >= 0.6 is 0 Å². The van der Waals surface area contributed by atoms with Crippen LogP contribution in [0.2, 0.25) is 0 Å². The van der Waals surface area contributed by atoms with Crippen LogP contribution in [-0.4, -0.2) is 25.1 Å². The number of carbonyl (C=O) groups excluding carboxylic acids is 1. The number of sulfonamides is 1. The van der Waals surface area contributed by atoms with E-state index in [2.05, 4.69) is 4.72 Å². The normalized spacial score (nSPS) is 20.1. The molecule has 8 heteroatoms. The minimum absolute atomic E-state index is 0.0627. The summed E-state index contributed by atoms with van der Waals surface area (Å²) in [6, 6.07) is 13.9. The van der Waals surface area contributed by atoms with Gasteiger partial charge in [-0.25, -0.2) is 13.2 Å². The molecule has 0 amide bonds. The van der Waals surface area contributed by atoms with Crippen LogP contribution in [0.4, 0.5) is 5.69 Å². The number of nitrogens with one attached hydrogen (secondary N) is 1. The summed E-state index contributed by atoms with van der Waals surface area (Å²) < 4.78 is 36.0. The van der Waals surface area contributed by atoms with Crippen molar-refractivity contribution in [2.75, 3.05) is 4.72 Å². The molecule has 2 fully saturated rings. The number of nitriles is 1. The average molecular weight is 591 g/mol. The number of hydrogen-bond acceptors (Lipinski definition) is 6. The van der Waals surface area contributed by atoms with Gasteiger partial charge < -0.3 is 9.84 Å². The Morgan fingerprint density at radius 1 is 1.00 bits per heavy atom. The fourth-order valence-corrected chi connectivity index (χ4v) is 8.57. The molecule has 7 nitrogen and oxygen atoms in total. The second kappa shape index (κ2) is 12.5. The molecule has 1 aliphatic heterocycles. The molecule has 0 aromatic heterocycles. The third-order valence-corrected chi connectivity index (χ3v) is 10.8. The molecule has 1 heterocycles. The van der Waals surface area contributed by atoms with E-state index in [0.29, 0.717) is 29.7 Å². The molecule has 2 saturated carbocycles. The lowest BCUT2D eigenvalue weighted by molar-refractivity contribution is -0.149. The van der Waals surface area contributed by atoms with Gasteiger partial charge in [-0.3, -0.25) is 4.72 Å². The summed E-state index contributed by atoms with van der Waals surface area (Å²) in [6.45, 7) is 4.05. The first-order valence-electron chi connectivity index (χ1n) is 15.6. The third-order valence-electron chi connectivity index (χ3n) is 9.45. The smallest absolute Gasteiger partial charge is 0.339 e. The summed E-state index contributed by atoms with van der Waals surface area (Å²) in [6.07, 6.45) is 10.8. The first-order chi connectivity index (χ1) is 20.2. The Kier molecular flexibility index (Phi) is 8.98. The van der Waals surface area contributed by atoms with Crippen LogP contribution in [0.15, 0.2) is 58.7 Å². The van der Waals surface area contributed by atoms with Crippen LogP contribution in [0, 0.1) is 17.2 Å². The molecule has 42 heavy (non-hydrogen) atoms. The lowest BCUT2D eigenvalue weighted by Crippen LogP contribution is -2.31. The first-order valence-corrected chi connectivity index (χ1v) is 17.0. The summed E-state index contributed by atoms with van der Waals surface area (Å²) >= 11 is 0. The van der Waals surface area contributed by atoms with Crippen molar-refractivity contribution in [1.82, 2.24) is 0 Å². The molecule has 1 unspecified atom stereocenters. The van der Waals surface area contributed by atoms with Gasteiger partial charge in [0.2, 0.25) is 0 Å². The van der Waals surface area contributed by atoms with Gasteiger partial charge in [0, 0.05) is 5.92 Å². The van der Waals surface area contributed by atoms with Crippen molar-refractivity contribution in [3.63, 3.8) is 0 Å². The van der Waals surface area contributed by atoms with Gasteiger partial charge in [0.15, 0.2) is 5.60 Å². The van der Waals surface area contributed by atoms with Crippen LogP contribution in [0.5, 0.6) is 0 Å². The Morgan fingerprint density at radius 2 is 1.62 bits per heavy atom. The van der Waals surface area contributed by atoms with Crippen LogP contribution in [0.1, 0.15) is 119 Å². The number of hydrogen-bond donors (Lipinski definition) is 2. The van der Waals surface area contributed by atoms with Gasteiger partial charge in [-0.1, -0.05) is 64.5 Å². The van der Waals surface area contributed by atoms with Gasteiger partial charge in [0.05, 0.1) is 27.8 Å². The Bertz CT molecular complexity index is 1470. The molecule has 2 aromatic carbocycles. The minimum atomic E-state index is -3.94. The standard InChI is InChI=1S/C34H42N2O5S/c1-3-19-34(20-4-2)32(37)31(33(38)41-34)30(25-11-7-8-12-25)26-15-18-28(24-9-5-6-10-24)29(21-26)36-42(39,40)27-16-13-23(22-35)14-17-27/h13-18,21,24-25,30,36-37H,3-12,19-20H2,1-2H3. The fourth-order valence-electron chi connectivity index (χ4n) is 7.49. The Morgan fingerprint density at radius 3 is 2.21 bits per heavy atom. The van der Waals surface area contributed by atoms with Gasteiger partial charge >= 0.3 is 5.97 Å². The highest BCUT2D eigenvalue weighted by molar-refractivity contribution is 7.92. The fraction of sp³-hybridized carbons (Fsp3) is 0.529. The van der Waals surface area contributed by atoms with Crippen molar-refractivity contribution < 1.29 is 23.1 Å². The van der Waals surface area contributed by atoms with E-state index >= 15 is 0 Å². The molecule has 0 radical (unpaired) electrons. The molecule has 224 valence electrons. The second-order valence-electron chi connectivity index (χ2n) is 12.2. The number of anilines is 1. The Labute approximate surface area is 250 Å². The molecule has 1 atom stereocenters. The van der Waals surface area contributed by atoms with E-state index < -0.39 is 21.6 Å². The summed E-state index contributed by atoms with van der Waals surface area (Å²) in [5, 5.41) is 20.8. The predicted octanol–water partition coefficient (Wildman–Crippen LogP) is 8.00. The SMILES string of the molecule is CCCC1(CCC)OC(=O)C(C(c2ccc(C3CCCC3)c(NS(=O)(=O)c3ccc(C#N)cc3)c2)C2CCCC2)=C1O. The number of aliphatic hydroxyl groups is 1. The number of benzene rings is 2. The number of ether oxygens (including phenoxy) is 1. The van der Waals surface area contributed by atoms with Crippen LogP contribution < -0.4 is 4.72 Å². The largest absolute Gasteiger partial charge is 0.507 e. The van der Waals surface area contributed by atoms with Crippen molar-refractivity contribution >= 4 is 21.7 Å². The Hall–Kier alpha value is -3.31. The molecule has 2 aliphatic carbocycles. The molecule has 2 aromatic rings. The first kappa shape index (κ1) is 30.2. The predicted molar refractivity (Wildman–Crippen MR) is 163 cm³/mol. The van der Waals surface area contributed by atoms with E-state index in [9.17, 15) is 18.3 Å². The van der Waals surface area contributed by atoms with E-state index in [1.54, 1.807) is 0 Å². The number of rotatable bonds is 11. The van der Waals surface area contributed by atoms with E-state index in [-0.39, 0.29) is 28.4 Å². The van der Waals surface area contributed by atoms with E-state index in [1.165, 1.54) is 24.3 Å². The van der Waals surface area contributed by atoms with Gasteiger partial charge in [-0.2, -0.15) is 5.26 Å². The topological polar surface area (TPSA) is 116 Å². The maximum absolute atomic E-state index is 13.6. The lowest BCUT2D eigenvalue weighted by atomic mass is 9.76. The van der Waals surface area contributed by atoms with Crippen molar-refractivity contribution in [3.05, 3.63) is 70.5 Å². The number of cyclic esters (lactones) is 1. The minimum Gasteiger partial charge on any atom is -0.507 e. The van der Waals surface area contributed by atoms with Crippen LogP contribution in [0.25, 0.3) is 0 Å². The van der Waals surface area contributed by atoms with Crippen molar-refractivity contribution in [2.24, 2.45) is 5.92 Å². The van der Waals surface area contributed by atoms with Crippen molar-refractivity contribution in [3.8, 4) is 6.07 Å². The maximum Gasteiger partial charge on any atom is 0.339 e. The Balaban J connectivity index is 1.61. The summed E-state index contributed by atoms with van der Waals surface area (Å²) in [4.78, 5) is 13.7. The second-order valence-corrected chi connectivity index (χ2v) is 13.9. The molecule has 5 rings (SSSR count). The van der Waals surface area contributed by atoms with E-state index in [4.69, 9.17) is 10.00 Å². The quantitative estimate of drug-likeness (QED) is 0.256. The highest BCUT2D eigenvalue weighted by Gasteiger charge is 2.50. The van der Waals surface area contributed by atoms with Gasteiger partial charge in [0.1, 0.15) is 5.76 Å². The monoisotopic (exact) mass is 590 g/mol. The van der Waals surface area contributed by atoms with E-state index in [0.717, 1.165) is 75.3 Å². The molecular formula is C34H42N2O5S. The highest BCUT2D eigenvalue weighted by atomic mass is 32.2. The molecule has 2 N–H and O–H groups in total. The van der Waals surface area contributed by atoms with Crippen molar-refractivity contribution in [2.45, 2.75) is 113 Å². The lowest BCUT2D eigenvalue weighted by Gasteiger charge is -2.28. The van der Waals surface area contributed by atoms with Crippen LogP contribution in [-0.2, 0) is 19.6 Å². The number of esters is 1. The van der Waals surface area contributed by atoms with Crippen molar-refractivity contribution in [1.29, 1.82) is 5.26 Å². The molecule has 0 saturated heterocycles. The van der Waals surface area contributed by atoms with Gasteiger partial charge in [0.25, 0.3) is 10.0 Å². The zero-order valence-electron chi connectivity index (χ0n) is 24.7. The third kappa shape index (κ3) is 5.81. The number of nitrogens with zero attached hydrogens (tertiary/aromatic N) is 1. The van der Waals surface area contributed by atoms with E-state index in [1.807, 2.05) is 38.1 Å².